The maximum atomic E-state index is 11.3. The second-order valence-corrected chi connectivity index (χ2v) is 7.71. The lowest BCUT2D eigenvalue weighted by molar-refractivity contribution is 0.0515. The van der Waals surface area contributed by atoms with Crippen molar-refractivity contribution in [1.82, 2.24) is 15.1 Å². The summed E-state index contributed by atoms with van der Waals surface area (Å²) in [7, 11) is 1.59. The van der Waals surface area contributed by atoms with Gasteiger partial charge in [0, 0.05) is 42.6 Å². The molecule has 1 unspecified atom stereocenters. The van der Waals surface area contributed by atoms with Gasteiger partial charge in [0.2, 0.25) is 0 Å². The van der Waals surface area contributed by atoms with E-state index in [2.05, 4.69) is 15.5 Å². The summed E-state index contributed by atoms with van der Waals surface area (Å²) in [5.41, 5.74) is 2.64. The van der Waals surface area contributed by atoms with Gasteiger partial charge in [-0.3, -0.25) is 0 Å². The highest BCUT2D eigenvalue weighted by atomic mass is 16.7. The van der Waals surface area contributed by atoms with Crippen LogP contribution in [0.3, 0.4) is 0 Å². The number of piperidine rings is 1. The number of aromatic nitrogens is 2. The first-order valence-electron chi connectivity index (χ1n) is 10.3. The Labute approximate surface area is 180 Å². The number of hydrogen-bond donors (Lipinski definition) is 2. The van der Waals surface area contributed by atoms with Gasteiger partial charge in [-0.05, 0) is 37.5 Å². The Hall–Kier alpha value is -3.39. The summed E-state index contributed by atoms with van der Waals surface area (Å²) in [6.07, 6.45) is 0.812. The Morgan fingerprint density at radius 2 is 2.03 bits per heavy atom. The highest BCUT2D eigenvalue weighted by Crippen LogP contribution is 2.36. The lowest BCUT2D eigenvalue weighted by Gasteiger charge is -2.31. The quantitative estimate of drug-likeness (QED) is 0.576. The third-order valence-electron chi connectivity index (χ3n) is 5.44. The van der Waals surface area contributed by atoms with Gasteiger partial charge in [0.1, 0.15) is 11.4 Å². The number of fused-ring (bicyclic) bond motifs is 1. The second-order valence-electron chi connectivity index (χ2n) is 7.71. The fourth-order valence-corrected chi connectivity index (χ4v) is 3.94. The van der Waals surface area contributed by atoms with Crippen molar-refractivity contribution in [3.8, 4) is 17.0 Å². The van der Waals surface area contributed by atoms with Crippen LogP contribution in [-0.4, -0.2) is 59.3 Å². The van der Waals surface area contributed by atoms with Gasteiger partial charge in [0.25, 0.3) is 0 Å². The van der Waals surface area contributed by atoms with Crippen LogP contribution in [0, 0.1) is 6.92 Å². The average Bonchev–Trinajstić information content (AvgIpc) is 2.78. The zero-order valence-electron chi connectivity index (χ0n) is 17.7. The van der Waals surface area contributed by atoms with Crippen molar-refractivity contribution in [1.29, 1.82) is 0 Å². The van der Waals surface area contributed by atoms with E-state index >= 15 is 0 Å². The number of methoxy groups -OCH3 is 1. The molecule has 1 aromatic heterocycles. The normalized spacial score (nSPS) is 16.3. The largest absolute Gasteiger partial charge is 0.467 e. The molecule has 0 aliphatic carbocycles. The molecule has 3 aromatic rings. The van der Waals surface area contributed by atoms with Crippen LogP contribution in [0.25, 0.3) is 22.0 Å². The highest BCUT2D eigenvalue weighted by molar-refractivity contribution is 6.01. The van der Waals surface area contributed by atoms with Crippen LogP contribution in [0.2, 0.25) is 0 Å². The molecule has 0 spiro atoms. The fourth-order valence-electron chi connectivity index (χ4n) is 3.94. The van der Waals surface area contributed by atoms with E-state index in [9.17, 15) is 9.90 Å². The van der Waals surface area contributed by atoms with Crippen molar-refractivity contribution in [3.05, 3.63) is 48.0 Å². The Bertz CT molecular complexity index is 1090. The number of aryl methyl sites for hydroxylation is 1. The minimum atomic E-state index is -0.888. The van der Waals surface area contributed by atoms with Crippen LogP contribution >= 0.6 is 0 Å². The number of benzene rings is 2. The van der Waals surface area contributed by atoms with Gasteiger partial charge in [0.05, 0.1) is 0 Å². The Kier molecular flexibility index (Phi) is 6.18. The summed E-state index contributed by atoms with van der Waals surface area (Å²) in [6, 6.07) is 13.9. The molecule has 8 heteroatoms. The van der Waals surface area contributed by atoms with Crippen molar-refractivity contribution in [2.75, 3.05) is 32.3 Å². The highest BCUT2D eigenvalue weighted by Gasteiger charge is 2.24. The first kappa shape index (κ1) is 20.9. The van der Waals surface area contributed by atoms with Crippen LogP contribution in [0.4, 0.5) is 10.6 Å². The van der Waals surface area contributed by atoms with E-state index < -0.39 is 6.09 Å². The van der Waals surface area contributed by atoms with Gasteiger partial charge >= 0.3 is 6.09 Å². The molecule has 31 heavy (non-hydrogen) atoms. The fraction of sp³-hybridized carbons (Fsp3) is 0.348. The van der Waals surface area contributed by atoms with Crippen LogP contribution in [-0.2, 0) is 4.74 Å². The summed E-state index contributed by atoms with van der Waals surface area (Å²) in [5, 5.41) is 23.6. The molecule has 1 aliphatic rings. The number of anilines is 1. The van der Waals surface area contributed by atoms with Crippen molar-refractivity contribution in [2.45, 2.75) is 25.8 Å². The molecule has 1 atom stereocenters. The molecule has 4 rings (SSSR count). The van der Waals surface area contributed by atoms with Gasteiger partial charge in [-0.1, -0.05) is 30.3 Å². The molecule has 1 fully saturated rings. The number of ether oxygens (including phenoxy) is 2. The zero-order chi connectivity index (χ0) is 21.8. The minimum absolute atomic E-state index is 0.00613. The van der Waals surface area contributed by atoms with Gasteiger partial charge in [-0.15, -0.1) is 10.2 Å². The van der Waals surface area contributed by atoms with Crippen molar-refractivity contribution in [2.24, 2.45) is 0 Å². The van der Waals surface area contributed by atoms with Crippen molar-refractivity contribution >= 4 is 22.7 Å². The van der Waals surface area contributed by atoms with E-state index in [0.29, 0.717) is 24.7 Å². The summed E-state index contributed by atoms with van der Waals surface area (Å²) in [5.74, 6) is 1.34. The predicted octanol–water partition coefficient (Wildman–Crippen LogP) is 4.14. The second kappa shape index (κ2) is 9.18. The first-order valence-corrected chi connectivity index (χ1v) is 10.3. The topological polar surface area (TPSA) is 96.8 Å². The van der Waals surface area contributed by atoms with E-state index in [1.165, 1.54) is 4.90 Å². The van der Waals surface area contributed by atoms with Gasteiger partial charge in [-0.25, -0.2) is 4.79 Å². The van der Waals surface area contributed by atoms with E-state index in [4.69, 9.17) is 9.47 Å². The third-order valence-corrected chi connectivity index (χ3v) is 5.44. The van der Waals surface area contributed by atoms with Crippen LogP contribution in [0.5, 0.6) is 5.75 Å². The van der Waals surface area contributed by atoms with Crippen LogP contribution < -0.4 is 10.1 Å². The Morgan fingerprint density at radius 1 is 1.23 bits per heavy atom. The summed E-state index contributed by atoms with van der Waals surface area (Å²) >= 11 is 0. The molecule has 0 radical (unpaired) electrons. The Balaban J connectivity index is 1.71. The summed E-state index contributed by atoms with van der Waals surface area (Å²) in [4.78, 5) is 12.8. The van der Waals surface area contributed by atoms with Crippen LogP contribution in [0.15, 0.2) is 42.5 Å². The number of amides is 1. The number of carboxylic acid groups (broad SMARTS) is 1. The number of carbonyl (C=O) groups is 1. The third kappa shape index (κ3) is 4.54. The van der Waals surface area contributed by atoms with Crippen LogP contribution in [0.1, 0.15) is 18.4 Å². The number of nitrogens with zero attached hydrogens (tertiary/aromatic N) is 3. The van der Waals surface area contributed by atoms with Gasteiger partial charge < -0.3 is 24.8 Å². The van der Waals surface area contributed by atoms with Gasteiger partial charge in [0.15, 0.2) is 12.6 Å². The van der Waals surface area contributed by atoms with Crippen molar-refractivity contribution < 1.29 is 19.4 Å². The van der Waals surface area contributed by atoms with E-state index in [0.717, 1.165) is 40.4 Å². The average molecular weight is 422 g/mol. The zero-order valence-corrected chi connectivity index (χ0v) is 17.7. The standard InChI is InChI=1S/C23H26N4O4/c1-15-9-10-19(20(12-15)31-14-30-2)21-17-7-3-4-8-18(17)22(26-25-21)24-16-6-5-11-27(13-16)23(28)29/h3-4,7-10,12,16H,5-6,11,13-14H2,1-2H3,(H,24,26)(H,28,29). The summed E-state index contributed by atoms with van der Waals surface area (Å²) in [6.45, 7) is 3.14. The molecular weight excluding hydrogens is 396 g/mol. The molecule has 1 aliphatic heterocycles. The van der Waals surface area contributed by atoms with Crippen molar-refractivity contribution in [3.63, 3.8) is 0 Å². The predicted molar refractivity (Wildman–Crippen MR) is 118 cm³/mol. The van der Waals surface area contributed by atoms with Gasteiger partial charge in [-0.2, -0.15) is 0 Å². The lowest BCUT2D eigenvalue weighted by atomic mass is 10.0. The Morgan fingerprint density at radius 3 is 2.81 bits per heavy atom. The number of nitrogens with one attached hydrogen (secondary N) is 1. The molecule has 8 nitrogen and oxygen atoms in total. The molecule has 162 valence electrons. The maximum Gasteiger partial charge on any atom is 0.407 e. The SMILES string of the molecule is COCOc1cc(C)ccc1-c1nnc(NC2CCCN(C(=O)O)C2)c2ccccc12. The summed E-state index contributed by atoms with van der Waals surface area (Å²) < 4.78 is 10.9. The number of rotatable bonds is 6. The molecule has 0 bridgehead atoms. The first-order chi connectivity index (χ1) is 15.1. The molecule has 2 aromatic carbocycles. The van der Waals surface area contributed by atoms with E-state index in [-0.39, 0.29) is 12.8 Å². The molecule has 0 saturated carbocycles. The smallest absolute Gasteiger partial charge is 0.407 e. The maximum absolute atomic E-state index is 11.3. The molecule has 2 N–H and O–H groups in total. The van der Waals surface area contributed by atoms with E-state index in [1.807, 2.05) is 49.4 Å². The molecular formula is C23H26N4O4. The van der Waals surface area contributed by atoms with E-state index in [1.54, 1.807) is 7.11 Å². The monoisotopic (exact) mass is 422 g/mol. The number of likely N-dealkylation sites (tertiary alicyclic amines) is 1. The molecule has 1 amide bonds. The lowest BCUT2D eigenvalue weighted by Crippen LogP contribution is -2.44. The number of hydrogen-bond acceptors (Lipinski definition) is 6. The molecule has 2 heterocycles. The molecule has 1 saturated heterocycles. The minimum Gasteiger partial charge on any atom is -0.467 e.